The molecule has 3 N–H and O–H groups in total. The lowest BCUT2D eigenvalue weighted by molar-refractivity contribution is 0.101. The summed E-state index contributed by atoms with van der Waals surface area (Å²) >= 11 is 0. The number of hydrogen-bond acceptors (Lipinski definition) is 6. The van der Waals surface area contributed by atoms with Crippen LogP contribution < -0.4 is 10.2 Å². The minimum atomic E-state index is -0.179. The van der Waals surface area contributed by atoms with Gasteiger partial charge >= 0.3 is 0 Å². The van der Waals surface area contributed by atoms with E-state index in [4.69, 9.17) is 0 Å². The highest BCUT2D eigenvalue weighted by Gasteiger charge is 2.15. The SMILES string of the molecule is CCn1nc(C)cc1C(=O)Nc1cccc(Cc2ccc3[nH]c(O)c(C=Nc4ccc(N5CCN(C)CC5)cc4)c3c2)c1. The fraction of sp³-hybridized carbons (Fsp3) is 0.265. The molecule has 0 unspecified atom stereocenters. The van der Waals surface area contributed by atoms with Gasteiger partial charge in [-0.1, -0.05) is 18.2 Å². The van der Waals surface area contributed by atoms with Crippen LogP contribution in [0.2, 0.25) is 0 Å². The Balaban J connectivity index is 1.17. The summed E-state index contributed by atoms with van der Waals surface area (Å²) in [4.78, 5) is 25.4. The minimum Gasteiger partial charge on any atom is -0.494 e. The van der Waals surface area contributed by atoms with Crippen LogP contribution in [0.4, 0.5) is 17.1 Å². The van der Waals surface area contributed by atoms with E-state index in [1.54, 1.807) is 17.0 Å². The summed E-state index contributed by atoms with van der Waals surface area (Å²) < 4.78 is 1.71. The molecule has 0 radical (unpaired) electrons. The van der Waals surface area contributed by atoms with E-state index >= 15 is 0 Å². The molecule has 0 atom stereocenters. The van der Waals surface area contributed by atoms with Crippen LogP contribution in [0.3, 0.4) is 0 Å². The molecule has 0 bridgehead atoms. The molecule has 1 aliphatic rings. The average molecular weight is 576 g/mol. The third-order valence-corrected chi connectivity index (χ3v) is 7.97. The highest BCUT2D eigenvalue weighted by molar-refractivity contribution is 6.04. The van der Waals surface area contributed by atoms with Crippen molar-refractivity contribution in [2.24, 2.45) is 4.99 Å². The fourth-order valence-corrected chi connectivity index (χ4v) is 5.60. The number of aromatic amines is 1. The van der Waals surface area contributed by atoms with Gasteiger partial charge in [0.15, 0.2) is 5.88 Å². The predicted octanol–water partition coefficient (Wildman–Crippen LogP) is 5.74. The number of aromatic hydroxyl groups is 1. The van der Waals surface area contributed by atoms with Gasteiger partial charge in [-0.25, -0.2) is 0 Å². The Labute approximate surface area is 251 Å². The number of rotatable bonds is 8. The number of fused-ring (bicyclic) bond motifs is 1. The number of benzene rings is 3. The second-order valence-corrected chi connectivity index (χ2v) is 11.2. The Morgan fingerprint density at radius 2 is 1.79 bits per heavy atom. The Bertz CT molecular complexity index is 1780. The molecule has 5 aromatic rings. The molecule has 1 saturated heterocycles. The molecule has 0 aliphatic carbocycles. The van der Waals surface area contributed by atoms with E-state index < -0.39 is 0 Å². The number of H-pyrrole nitrogens is 1. The van der Waals surface area contributed by atoms with Crippen molar-refractivity contribution in [2.45, 2.75) is 26.8 Å². The van der Waals surface area contributed by atoms with Crippen LogP contribution in [0, 0.1) is 6.92 Å². The van der Waals surface area contributed by atoms with E-state index in [-0.39, 0.29) is 11.8 Å². The number of likely N-dealkylation sites (N-methyl/N-ethyl adjacent to an activating group) is 1. The number of carbonyl (C=O) groups excluding carboxylic acids is 1. The van der Waals surface area contributed by atoms with Crippen LogP contribution in [0.5, 0.6) is 5.88 Å². The molecule has 0 spiro atoms. The number of nitrogens with zero attached hydrogens (tertiary/aromatic N) is 5. The molecule has 0 saturated carbocycles. The van der Waals surface area contributed by atoms with Crippen molar-refractivity contribution in [3.8, 4) is 5.88 Å². The summed E-state index contributed by atoms with van der Waals surface area (Å²) in [5.41, 5.74) is 7.78. The zero-order valence-electron chi connectivity index (χ0n) is 24.8. The zero-order chi connectivity index (χ0) is 29.9. The first kappa shape index (κ1) is 28.2. The van der Waals surface area contributed by atoms with Gasteiger partial charge in [-0.2, -0.15) is 5.10 Å². The van der Waals surface area contributed by atoms with Crippen molar-refractivity contribution < 1.29 is 9.90 Å². The van der Waals surface area contributed by atoms with Gasteiger partial charge in [0, 0.05) is 61.2 Å². The summed E-state index contributed by atoms with van der Waals surface area (Å²) in [6, 6.07) is 24.0. The van der Waals surface area contributed by atoms with Gasteiger partial charge in [-0.15, -0.1) is 0 Å². The second kappa shape index (κ2) is 12.1. The predicted molar refractivity (Wildman–Crippen MR) is 173 cm³/mol. The lowest BCUT2D eigenvalue weighted by Gasteiger charge is -2.34. The van der Waals surface area contributed by atoms with E-state index in [2.05, 4.69) is 55.4 Å². The Hall–Kier alpha value is -4.89. The van der Waals surface area contributed by atoms with E-state index in [9.17, 15) is 9.90 Å². The van der Waals surface area contributed by atoms with Crippen molar-refractivity contribution in [3.63, 3.8) is 0 Å². The molecule has 6 rings (SSSR count). The molecule has 3 aromatic carbocycles. The molecule has 1 fully saturated rings. The summed E-state index contributed by atoms with van der Waals surface area (Å²) in [6.45, 7) is 8.65. The minimum absolute atomic E-state index is 0.0937. The van der Waals surface area contributed by atoms with Gasteiger partial charge in [0.05, 0.1) is 16.9 Å². The average Bonchev–Trinajstić information content (AvgIpc) is 3.55. The highest BCUT2D eigenvalue weighted by atomic mass is 16.3. The second-order valence-electron chi connectivity index (χ2n) is 11.2. The van der Waals surface area contributed by atoms with Gasteiger partial charge in [0.25, 0.3) is 5.91 Å². The smallest absolute Gasteiger partial charge is 0.273 e. The largest absolute Gasteiger partial charge is 0.494 e. The number of carbonyl (C=O) groups is 1. The molecule has 3 heterocycles. The maximum Gasteiger partial charge on any atom is 0.273 e. The summed E-state index contributed by atoms with van der Waals surface area (Å²) in [6.07, 6.45) is 2.39. The molecule has 1 amide bonds. The molecule has 9 nitrogen and oxygen atoms in total. The Morgan fingerprint density at radius 3 is 2.56 bits per heavy atom. The molecule has 2 aromatic heterocycles. The lowest BCUT2D eigenvalue weighted by atomic mass is 10.0. The normalized spacial score (nSPS) is 14.2. The van der Waals surface area contributed by atoms with Gasteiger partial charge < -0.3 is 25.2 Å². The Kier molecular flexibility index (Phi) is 7.98. The van der Waals surface area contributed by atoms with Crippen LogP contribution in [0.1, 0.15) is 39.8 Å². The first-order valence-corrected chi connectivity index (χ1v) is 14.7. The third kappa shape index (κ3) is 6.32. The monoisotopic (exact) mass is 575 g/mol. The van der Waals surface area contributed by atoms with Gasteiger partial charge in [0.1, 0.15) is 5.69 Å². The quantitative estimate of drug-likeness (QED) is 0.205. The highest BCUT2D eigenvalue weighted by Crippen LogP contribution is 2.29. The maximum absolute atomic E-state index is 12.9. The molecule has 1 aliphatic heterocycles. The number of piperazine rings is 1. The number of nitrogens with one attached hydrogen (secondary N) is 2. The van der Waals surface area contributed by atoms with Crippen LogP contribution >= 0.6 is 0 Å². The fourth-order valence-electron chi connectivity index (χ4n) is 5.60. The molecular formula is C34H37N7O2. The van der Waals surface area contributed by atoms with E-state index in [1.165, 1.54) is 5.69 Å². The van der Waals surface area contributed by atoms with Gasteiger partial charge in [-0.05, 0) is 93.0 Å². The number of aliphatic imine (C=N–C) groups is 1. The number of anilines is 2. The number of aromatic nitrogens is 3. The van der Waals surface area contributed by atoms with E-state index in [1.807, 2.05) is 62.4 Å². The van der Waals surface area contributed by atoms with Crippen molar-refractivity contribution in [3.05, 3.63) is 101 Å². The summed E-state index contributed by atoms with van der Waals surface area (Å²) in [7, 11) is 2.16. The first-order valence-electron chi connectivity index (χ1n) is 14.7. The Morgan fingerprint density at radius 1 is 1.02 bits per heavy atom. The number of amides is 1. The maximum atomic E-state index is 12.9. The number of hydrogen-bond donors (Lipinski definition) is 3. The van der Waals surface area contributed by atoms with E-state index in [0.29, 0.717) is 24.2 Å². The molecule has 220 valence electrons. The van der Waals surface area contributed by atoms with Crippen molar-refractivity contribution in [2.75, 3.05) is 43.4 Å². The third-order valence-electron chi connectivity index (χ3n) is 7.97. The first-order chi connectivity index (χ1) is 20.9. The summed E-state index contributed by atoms with van der Waals surface area (Å²) in [5.74, 6) is -0.0852. The van der Waals surface area contributed by atoms with Crippen LogP contribution in [-0.2, 0) is 13.0 Å². The van der Waals surface area contributed by atoms with Crippen molar-refractivity contribution in [1.82, 2.24) is 19.7 Å². The standard InChI is InChI=1S/C34H37N7O2/c1-4-41-32(18-23(2)38-41)34(43)36-27-7-5-6-24(20-27)19-25-8-13-31-29(21-25)30(33(42)37-31)22-35-26-9-11-28(12-10-26)40-16-14-39(3)15-17-40/h5-13,18,20-22,37,42H,4,14-17,19H2,1-3H3,(H,36,43). The van der Waals surface area contributed by atoms with Gasteiger partial charge in [-0.3, -0.25) is 14.5 Å². The molecular weight excluding hydrogens is 538 g/mol. The van der Waals surface area contributed by atoms with Crippen molar-refractivity contribution >= 4 is 40.1 Å². The van der Waals surface area contributed by atoms with E-state index in [0.717, 1.165) is 65.3 Å². The number of aryl methyl sites for hydroxylation is 2. The molecule has 43 heavy (non-hydrogen) atoms. The van der Waals surface area contributed by atoms with Crippen LogP contribution in [0.15, 0.2) is 77.8 Å². The molecule has 9 heteroatoms. The summed E-state index contributed by atoms with van der Waals surface area (Å²) in [5, 5.41) is 19.0. The lowest BCUT2D eigenvalue weighted by Crippen LogP contribution is -2.44. The van der Waals surface area contributed by atoms with Crippen LogP contribution in [-0.4, -0.2) is 70.1 Å². The van der Waals surface area contributed by atoms with Crippen molar-refractivity contribution in [1.29, 1.82) is 0 Å². The van der Waals surface area contributed by atoms with Crippen LogP contribution in [0.25, 0.3) is 10.9 Å². The topological polar surface area (TPSA) is 102 Å². The zero-order valence-corrected chi connectivity index (χ0v) is 24.8. The van der Waals surface area contributed by atoms with Gasteiger partial charge in [0.2, 0.25) is 0 Å².